The van der Waals surface area contributed by atoms with E-state index >= 15 is 0 Å². The van der Waals surface area contributed by atoms with E-state index in [0.717, 1.165) is 17.7 Å². The molecule has 0 amide bonds. The fraction of sp³-hybridized carbons (Fsp3) is 0.571. The summed E-state index contributed by atoms with van der Waals surface area (Å²) in [5.41, 5.74) is 5.60. The van der Waals surface area contributed by atoms with Crippen molar-refractivity contribution in [3.05, 3.63) is 29.6 Å². The Morgan fingerprint density at radius 3 is 2.83 bits per heavy atom. The molecular weight excluding hydrogens is 224 g/mol. The summed E-state index contributed by atoms with van der Waals surface area (Å²) in [5, 5.41) is 3.93. The molecular formula is C14H24N4. The number of nitrogens with zero attached hydrogens (tertiary/aromatic N) is 2. The molecule has 0 aliphatic carbocycles. The zero-order chi connectivity index (χ0) is 13.4. The standard InChI is InChI=1S/C14H24N4/c1-4-5-6-11(2)14-8-7-13(10-16-14)9-12(3)17-18-15/h7-8,10-11,18H,4-6,9,15H2,1-3H3/b17-12+. The van der Waals surface area contributed by atoms with Gasteiger partial charge in [0.15, 0.2) is 0 Å². The van der Waals surface area contributed by atoms with E-state index in [-0.39, 0.29) is 0 Å². The minimum atomic E-state index is 0.541. The lowest BCUT2D eigenvalue weighted by Crippen LogP contribution is -2.17. The second kappa shape index (κ2) is 7.82. The van der Waals surface area contributed by atoms with Crippen molar-refractivity contribution in [2.75, 3.05) is 0 Å². The van der Waals surface area contributed by atoms with Crippen LogP contribution in [-0.4, -0.2) is 10.7 Å². The number of nitrogens with two attached hydrogens (primary N) is 1. The quantitative estimate of drug-likeness (QED) is 0.443. The average Bonchev–Trinajstić information content (AvgIpc) is 2.37. The Labute approximate surface area is 110 Å². The van der Waals surface area contributed by atoms with E-state index in [0.29, 0.717) is 5.92 Å². The van der Waals surface area contributed by atoms with Gasteiger partial charge in [-0.3, -0.25) is 4.98 Å². The van der Waals surface area contributed by atoms with E-state index in [1.54, 1.807) is 0 Å². The number of nitrogens with one attached hydrogen (secondary N) is 1. The fourth-order valence-electron chi connectivity index (χ4n) is 1.94. The number of hydrazine groups is 1. The summed E-state index contributed by atoms with van der Waals surface area (Å²) < 4.78 is 0. The molecule has 0 bridgehead atoms. The number of aromatic nitrogens is 1. The lowest BCUT2D eigenvalue weighted by Gasteiger charge is -2.10. The number of hydrogen-bond acceptors (Lipinski definition) is 4. The maximum absolute atomic E-state index is 5.14. The van der Waals surface area contributed by atoms with Crippen LogP contribution in [-0.2, 0) is 6.42 Å². The molecule has 1 aromatic heterocycles. The van der Waals surface area contributed by atoms with Gasteiger partial charge < -0.3 is 0 Å². The van der Waals surface area contributed by atoms with Crippen LogP contribution in [0.15, 0.2) is 23.4 Å². The average molecular weight is 248 g/mol. The van der Waals surface area contributed by atoms with E-state index in [2.05, 4.69) is 41.6 Å². The molecule has 0 aliphatic rings. The molecule has 4 nitrogen and oxygen atoms in total. The minimum Gasteiger partial charge on any atom is -0.261 e. The third-order valence-corrected chi connectivity index (χ3v) is 3.06. The topological polar surface area (TPSA) is 63.3 Å². The zero-order valence-corrected chi connectivity index (χ0v) is 11.6. The summed E-state index contributed by atoms with van der Waals surface area (Å²) in [5.74, 6) is 5.68. The molecule has 0 fully saturated rings. The first-order chi connectivity index (χ1) is 8.67. The van der Waals surface area contributed by atoms with Gasteiger partial charge in [-0.2, -0.15) is 5.10 Å². The smallest absolute Gasteiger partial charge is 0.0431 e. The van der Waals surface area contributed by atoms with E-state index in [9.17, 15) is 0 Å². The van der Waals surface area contributed by atoms with Gasteiger partial charge in [0.2, 0.25) is 0 Å². The van der Waals surface area contributed by atoms with Crippen LogP contribution < -0.4 is 11.4 Å². The number of hydrogen-bond donors (Lipinski definition) is 2. The third-order valence-electron chi connectivity index (χ3n) is 3.06. The van der Waals surface area contributed by atoms with Crippen LogP contribution in [0.4, 0.5) is 0 Å². The number of unbranched alkanes of at least 4 members (excludes halogenated alkanes) is 1. The van der Waals surface area contributed by atoms with Crippen molar-refractivity contribution >= 4 is 5.71 Å². The van der Waals surface area contributed by atoms with Crippen molar-refractivity contribution in [1.29, 1.82) is 0 Å². The Balaban J connectivity index is 2.59. The Hall–Kier alpha value is -1.42. The highest BCUT2D eigenvalue weighted by atomic mass is 15.5. The Morgan fingerprint density at radius 2 is 2.28 bits per heavy atom. The highest BCUT2D eigenvalue weighted by Gasteiger charge is 2.06. The summed E-state index contributed by atoms with van der Waals surface area (Å²) >= 11 is 0. The van der Waals surface area contributed by atoms with Gasteiger partial charge in [0, 0.05) is 24.0 Å². The number of pyridine rings is 1. The van der Waals surface area contributed by atoms with Crippen molar-refractivity contribution in [2.45, 2.75) is 52.4 Å². The minimum absolute atomic E-state index is 0.541. The van der Waals surface area contributed by atoms with Gasteiger partial charge in [-0.15, -0.1) is 0 Å². The summed E-state index contributed by atoms with van der Waals surface area (Å²) in [6.07, 6.45) is 6.43. The lowest BCUT2D eigenvalue weighted by molar-refractivity contribution is 0.611. The van der Waals surface area contributed by atoms with Crippen molar-refractivity contribution in [2.24, 2.45) is 10.9 Å². The van der Waals surface area contributed by atoms with E-state index in [1.165, 1.54) is 25.0 Å². The molecule has 3 N–H and O–H groups in total. The maximum Gasteiger partial charge on any atom is 0.0431 e. The van der Waals surface area contributed by atoms with Crippen LogP contribution in [0.25, 0.3) is 0 Å². The van der Waals surface area contributed by atoms with Gasteiger partial charge in [-0.1, -0.05) is 32.8 Å². The number of rotatable bonds is 7. The predicted molar refractivity (Wildman–Crippen MR) is 76.3 cm³/mol. The molecule has 0 aliphatic heterocycles. The zero-order valence-electron chi connectivity index (χ0n) is 11.6. The van der Waals surface area contributed by atoms with Crippen molar-refractivity contribution < 1.29 is 0 Å². The first-order valence-electron chi connectivity index (χ1n) is 6.61. The second-order valence-corrected chi connectivity index (χ2v) is 4.79. The summed E-state index contributed by atoms with van der Waals surface area (Å²) in [4.78, 5) is 4.54. The van der Waals surface area contributed by atoms with Crippen LogP contribution >= 0.6 is 0 Å². The molecule has 0 aromatic carbocycles. The summed E-state index contributed by atoms with van der Waals surface area (Å²) in [7, 11) is 0. The molecule has 0 saturated carbocycles. The molecule has 0 radical (unpaired) electrons. The van der Waals surface area contributed by atoms with Crippen LogP contribution in [0.5, 0.6) is 0 Å². The van der Waals surface area contributed by atoms with Crippen molar-refractivity contribution in [3.63, 3.8) is 0 Å². The second-order valence-electron chi connectivity index (χ2n) is 4.79. The van der Waals surface area contributed by atoms with Gasteiger partial charge in [0.05, 0.1) is 0 Å². The Kier molecular flexibility index (Phi) is 6.36. The van der Waals surface area contributed by atoms with Gasteiger partial charge in [0.1, 0.15) is 0 Å². The Bertz CT molecular complexity index is 370. The number of hydrazone groups is 1. The first kappa shape index (κ1) is 14.6. The van der Waals surface area contributed by atoms with Gasteiger partial charge in [-0.05, 0) is 30.9 Å². The molecule has 1 rings (SSSR count). The molecule has 1 unspecified atom stereocenters. The molecule has 1 aromatic rings. The van der Waals surface area contributed by atoms with Gasteiger partial charge in [-0.25, -0.2) is 11.4 Å². The molecule has 100 valence electrons. The predicted octanol–water partition coefficient (Wildman–Crippen LogP) is 2.76. The Morgan fingerprint density at radius 1 is 1.50 bits per heavy atom. The van der Waals surface area contributed by atoms with Crippen LogP contribution in [0.3, 0.4) is 0 Å². The van der Waals surface area contributed by atoms with Crippen molar-refractivity contribution in [3.8, 4) is 0 Å². The normalized spacial score (nSPS) is 13.4. The van der Waals surface area contributed by atoms with Crippen LogP contribution in [0.1, 0.15) is 57.2 Å². The van der Waals surface area contributed by atoms with E-state index < -0.39 is 0 Å². The van der Waals surface area contributed by atoms with E-state index in [1.807, 2.05) is 13.1 Å². The summed E-state index contributed by atoms with van der Waals surface area (Å²) in [6, 6.07) is 4.25. The molecule has 0 saturated heterocycles. The lowest BCUT2D eigenvalue weighted by atomic mass is 9.99. The monoisotopic (exact) mass is 248 g/mol. The van der Waals surface area contributed by atoms with Crippen LogP contribution in [0.2, 0.25) is 0 Å². The highest BCUT2D eigenvalue weighted by Crippen LogP contribution is 2.19. The highest BCUT2D eigenvalue weighted by molar-refractivity contribution is 5.83. The van der Waals surface area contributed by atoms with Gasteiger partial charge >= 0.3 is 0 Å². The molecule has 4 heteroatoms. The molecule has 1 atom stereocenters. The molecule has 0 spiro atoms. The van der Waals surface area contributed by atoms with Crippen molar-refractivity contribution in [1.82, 2.24) is 10.5 Å². The van der Waals surface area contributed by atoms with Crippen LogP contribution in [0, 0.1) is 0 Å². The largest absolute Gasteiger partial charge is 0.261 e. The van der Waals surface area contributed by atoms with Gasteiger partial charge in [0.25, 0.3) is 0 Å². The molecule has 1 heterocycles. The SMILES string of the molecule is CCCCC(C)c1ccc(C/C(C)=N/NN)cn1. The maximum atomic E-state index is 5.14. The molecule has 18 heavy (non-hydrogen) atoms. The summed E-state index contributed by atoms with van der Waals surface area (Å²) in [6.45, 7) is 6.40. The fourth-order valence-corrected chi connectivity index (χ4v) is 1.94. The first-order valence-corrected chi connectivity index (χ1v) is 6.61. The van der Waals surface area contributed by atoms with E-state index in [4.69, 9.17) is 5.84 Å². The third kappa shape index (κ3) is 4.84.